The van der Waals surface area contributed by atoms with Crippen LogP contribution in [-0.4, -0.2) is 46.5 Å². The lowest BCUT2D eigenvalue weighted by Crippen LogP contribution is -2.28. The van der Waals surface area contributed by atoms with Crippen LogP contribution < -0.4 is 10.2 Å². The highest BCUT2D eigenvalue weighted by molar-refractivity contribution is 7.15. The lowest BCUT2D eigenvalue weighted by atomic mass is 10.1. The number of hydrogen-bond acceptors (Lipinski definition) is 6. The Hall–Kier alpha value is -2.81. The molecule has 7 nitrogen and oxygen atoms in total. The van der Waals surface area contributed by atoms with E-state index in [9.17, 15) is 9.59 Å². The van der Waals surface area contributed by atoms with Crippen molar-refractivity contribution in [3.8, 4) is 0 Å². The van der Waals surface area contributed by atoms with Gasteiger partial charge >= 0.3 is 0 Å². The first-order valence-corrected chi connectivity index (χ1v) is 14.1. The number of nitrogens with one attached hydrogen (secondary N) is 1. The van der Waals surface area contributed by atoms with Gasteiger partial charge in [0.15, 0.2) is 0 Å². The van der Waals surface area contributed by atoms with E-state index in [1.54, 1.807) is 4.90 Å². The molecule has 1 N–H and O–H groups in total. The minimum atomic E-state index is -0.418. The molecule has 0 bridgehead atoms. The van der Waals surface area contributed by atoms with Gasteiger partial charge in [0.25, 0.3) is 0 Å². The second kappa shape index (κ2) is 13.1. The highest BCUT2D eigenvalue weighted by atomic mass is 35.5. The van der Waals surface area contributed by atoms with Crippen LogP contribution in [0.5, 0.6) is 0 Å². The number of halogens is 1. The smallest absolute Gasteiger partial charge is 0.231 e. The molecule has 1 aliphatic rings. The molecule has 0 aliphatic carbocycles. The van der Waals surface area contributed by atoms with Crippen LogP contribution >= 0.6 is 22.9 Å². The van der Waals surface area contributed by atoms with E-state index < -0.39 is 5.92 Å². The van der Waals surface area contributed by atoms with Crippen LogP contribution in [0.3, 0.4) is 0 Å². The van der Waals surface area contributed by atoms with Crippen molar-refractivity contribution in [1.82, 2.24) is 15.1 Å². The largest absolute Gasteiger partial charge is 0.312 e. The maximum atomic E-state index is 12.9. The van der Waals surface area contributed by atoms with Gasteiger partial charge in [-0.1, -0.05) is 61.1 Å². The number of benzene rings is 2. The third-order valence-corrected chi connectivity index (χ3v) is 7.62. The van der Waals surface area contributed by atoms with Gasteiger partial charge < -0.3 is 10.2 Å². The Balaban J connectivity index is 1.29. The molecule has 9 heteroatoms. The summed E-state index contributed by atoms with van der Waals surface area (Å²) in [5.41, 5.74) is 3.23. The summed E-state index contributed by atoms with van der Waals surface area (Å²) < 4.78 is 0. The Morgan fingerprint density at radius 1 is 1.03 bits per heavy atom. The average Bonchev–Trinajstić information content (AvgIpc) is 3.51. The highest BCUT2D eigenvalue weighted by Gasteiger charge is 2.35. The van der Waals surface area contributed by atoms with Crippen molar-refractivity contribution < 1.29 is 9.59 Å². The number of nitrogens with zero attached hydrogens (tertiary/aromatic N) is 4. The zero-order valence-corrected chi connectivity index (χ0v) is 23.0. The number of carbonyl (C=O) groups excluding carboxylic acids is 2. The van der Waals surface area contributed by atoms with E-state index in [-0.39, 0.29) is 18.2 Å². The van der Waals surface area contributed by atoms with Crippen molar-refractivity contribution in [2.45, 2.75) is 52.5 Å². The van der Waals surface area contributed by atoms with E-state index in [4.69, 9.17) is 11.6 Å². The summed E-state index contributed by atoms with van der Waals surface area (Å²) in [6.07, 6.45) is 4.00. The summed E-state index contributed by atoms with van der Waals surface area (Å²) >= 11 is 7.31. The number of anilines is 2. The molecule has 1 saturated heterocycles. The number of hydrogen-bond donors (Lipinski definition) is 1. The summed E-state index contributed by atoms with van der Waals surface area (Å²) in [7, 11) is 0. The quantitative estimate of drug-likeness (QED) is 0.324. The normalized spacial score (nSPS) is 15.5. The number of aryl methyl sites for hydroxylation is 2. The average molecular weight is 540 g/mol. The lowest BCUT2D eigenvalue weighted by molar-refractivity contribution is -0.122. The molecular weight excluding hydrogens is 506 g/mol. The van der Waals surface area contributed by atoms with E-state index in [0.29, 0.717) is 16.7 Å². The zero-order valence-electron chi connectivity index (χ0n) is 21.5. The molecule has 0 saturated carbocycles. The maximum absolute atomic E-state index is 12.9. The van der Waals surface area contributed by atoms with Crippen molar-refractivity contribution in [3.63, 3.8) is 0 Å². The molecule has 2 amide bonds. The number of aromatic nitrogens is 2. The maximum Gasteiger partial charge on any atom is 0.231 e. The molecule has 1 atom stereocenters. The molecule has 1 unspecified atom stereocenters. The Kier molecular flexibility index (Phi) is 9.66. The Bertz CT molecular complexity index is 1180. The van der Waals surface area contributed by atoms with Crippen molar-refractivity contribution in [2.24, 2.45) is 5.92 Å². The predicted molar refractivity (Wildman–Crippen MR) is 150 cm³/mol. The van der Waals surface area contributed by atoms with Crippen molar-refractivity contribution in [1.29, 1.82) is 0 Å². The van der Waals surface area contributed by atoms with Crippen molar-refractivity contribution in [2.75, 3.05) is 29.9 Å². The van der Waals surface area contributed by atoms with Gasteiger partial charge in [0.05, 0.1) is 5.92 Å². The van der Waals surface area contributed by atoms with Crippen LogP contribution in [0.15, 0.2) is 48.5 Å². The van der Waals surface area contributed by atoms with Crippen molar-refractivity contribution >= 4 is 45.6 Å². The van der Waals surface area contributed by atoms with Gasteiger partial charge in [-0.25, -0.2) is 0 Å². The fourth-order valence-corrected chi connectivity index (χ4v) is 5.46. The molecule has 196 valence electrons. The van der Waals surface area contributed by atoms with Gasteiger partial charge in [-0.05, 0) is 67.7 Å². The summed E-state index contributed by atoms with van der Waals surface area (Å²) in [5, 5.41) is 13.2. The number of rotatable bonds is 12. The molecule has 1 aliphatic heterocycles. The highest BCUT2D eigenvalue weighted by Crippen LogP contribution is 2.27. The van der Waals surface area contributed by atoms with E-state index >= 15 is 0 Å². The molecule has 2 aromatic carbocycles. The van der Waals surface area contributed by atoms with E-state index in [1.165, 1.54) is 22.5 Å². The fraction of sp³-hybridized carbons (Fsp3) is 0.429. The van der Waals surface area contributed by atoms with Gasteiger partial charge in [-0.2, -0.15) is 0 Å². The first-order valence-electron chi connectivity index (χ1n) is 12.9. The second-order valence-corrected chi connectivity index (χ2v) is 11.0. The third-order valence-electron chi connectivity index (χ3n) is 6.47. The summed E-state index contributed by atoms with van der Waals surface area (Å²) in [6, 6.07) is 15.9. The standard InChI is InChI=1S/C28H34ClN5O2S/c1-3-15-33(16-4-2)18-21-7-12-24(13-8-21)34-19-22(17-26(34)35)27(36)30-28-32-31-25(37-28)14-9-20-5-10-23(29)11-6-20/h5-8,10-13,22H,3-4,9,14-19H2,1-2H3,(H,30,32,36). The van der Waals surface area contributed by atoms with Crippen LogP contribution in [-0.2, 0) is 29.0 Å². The summed E-state index contributed by atoms with van der Waals surface area (Å²) in [5.74, 6) is -0.645. The van der Waals surface area contributed by atoms with Gasteiger partial charge in [-0.15, -0.1) is 10.2 Å². The van der Waals surface area contributed by atoms with Gasteiger partial charge in [-0.3, -0.25) is 14.5 Å². The summed E-state index contributed by atoms with van der Waals surface area (Å²) in [4.78, 5) is 29.8. The molecule has 0 radical (unpaired) electrons. The Labute approximate surface area is 227 Å². The molecule has 1 aromatic heterocycles. The van der Waals surface area contributed by atoms with E-state index in [2.05, 4.69) is 46.4 Å². The third kappa shape index (κ3) is 7.60. The van der Waals surface area contributed by atoms with Crippen LogP contribution in [0.1, 0.15) is 49.2 Å². The molecule has 1 fully saturated rings. The van der Waals surface area contributed by atoms with Crippen molar-refractivity contribution in [3.05, 3.63) is 69.7 Å². The molecule has 37 heavy (non-hydrogen) atoms. The van der Waals surface area contributed by atoms with E-state index in [1.807, 2.05) is 36.4 Å². The number of carbonyl (C=O) groups is 2. The summed E-state index contributed by atoms with van der Waals surface area (Å²) in [6.45, 7) is 7.83. The minimum Gasteiger partial charge on any atom is -0.312 e. The fourth-order valence-electron chi connectivity index (χ4n) is 4.59. The molecule has 2 heterocycles. The Morgan fingerprint density at radius 3 is 2.38 bits per heavy atom. The monoisotopic (exact) mass is 539 g/mol. The van der Waals surface area contributed by atoms with Crippen LogP contribution in [0, 0.1) is 5.92 Å². The first kappa shape index (κ1) is 27.2. The van der Waals surface area contributed by atoms with Gasteiger partial charge in [0.2, 0.25) is 16.9 Å². The first-order chi connectivity index (χ1) is 17.9. The van der Waals surface area contributed by atoms with Crippen LogP contribution in [0.2, 0.25) is 5.02 Å². The molecule has 4 rings (SSSR count). The van der Waals surface area contributed by atoms with Crippen LogP contribution in [0.25, 0.3) is 0 Å². The zero-order chi connectivity index (χ0) is 26.2. The SMILES string of the molecule is CCCN(CCC)Cc1ccc(N2CC(C(=O)Nc3nnc(CCc4ccc(Cl)cc4)s3)CC2=O)cc1. The Morgan fingerprint density at radius 2 is 1.70 bits per heavy atom. The minimum absolute atomic E-state index is 0.0348. The topological polar surface area (TPSA) is 78.4 Å². The lowest BCUT2D eigenvalue weighted by Gasteiger charge is -2.22. The molecule has 0 spiro atoms. The molecular formula is C28H34ClN5O2S. The second-order valence-electron chi connectivity index (χ2n) is 9.46. The van der Waals surface area contributed by atoms with E-state index in [0.717, 1.165) is 56.0 Å². The molecule has 3 aromatic rings. The van der Waals surface area contributed by atoms with Gasteiger partial charge in [0.1, 0.15) is 5.01 Å². The predicted octanol–water partition coefficient (Wildman–Crippen LogP) is 5.59. The van der Waals surface area contributed by atoms with Crippen LogP contribution in [0.4, 0.5) is 10.8 Å². The number of amides is 2. The van der Waals surface area contributed by atoms with Gasteiger partial charge in [0, 0.05) is 36.6 Å².